The van der Waals surface area contributed by atoms with E-state index in [1.54, 1.807) is 73.0 Å². The van der Waals surface area contributed by atoms with Crippen LogP contribution in [-0.2, 0) is 33.9 Å². The lowest BCUT2D eigenvalue weighted by Gasteiger charge is -2.36. The maximum Gasteiger partial charge on any atom is 0.328 e. The highest BCUT2D eigenvalue weighted by atomic mass is 32.2. The highest BCUT2D eigenvalue weighted by molar-refractivity contribution is 7.91. The Hall–Kier alpha value is -4.93. The van der Waals surface area contributed by atoms with Gasteiger partial charge in [-0.05, 0) is 59.7 Å². The number of hydrogen-bond donors (Lipinski definition) is 4. The summed E-state index contributed by atoms with van der Waals surface area (Å²) in [4.78, 5) is 74.3. The van der Waals surface area contributed by atoms with Crippen LogP contribution in [0, 0.1) is 16.7 Å². The van der Waals surface area contributed by atoms with Gasteiger partial charge in [-0.15, -0.1) is 6.58 Å². The number of nitrogens with zero attached hydrogens (tertiary/aromatic N) is 2. The number of aromatic nitrogens is 1. The molecule has 3 aliphatic rings. The average molecular weight is 785 g/mol. The lowest BCUT2D eigenvalue weighted by molar-refractivity contribution is -0.145. The largest absolute Gasteiger partial charge is 0.497 e. The molecule has 2 heterocycles. The number of benzene rings is 1. The van der Waals surface area contributed by atoms with Crippen molar-refractivity contribution in [1.82, 2.24) is 30.6 Å². The van der Waals surface area contributed by atoms with Gasteiger partial charge in [-0.3, -0.25) is 19.1 Å². The number of urea groups is 1. The topological polar surface area (TPSA) is 211 Å². The molecule has 6 atom stereocenters. The molecule has 1 aliphatic heterocycles. The molecule has 5 rings (SSSR count). The molecule has 5 amide bonds. The molecule has 4 N–H and O–H groups in total. The van der Waals surface area contributed by atoms with Gasteiger partial charge in [0, 0.05) is 23.9 Å². The monoisotopic (exact) mass is 784 g/mol. The van der Waals surface area contributed by atoms with Crippen LogP contribution in [0.2, 0.25) is 0 Å². The van der Waals surface area contributed by atoms with Gasteiger partial charge in [0.2, 0.25) is 27.7 Å². The standard InChI is InChI=1S/C38H52N6O10S/c1-10-22-19-38(22,34(48)43-55(50,51)25-12-13-25)42-30(45)27-18-24(54-31-26-14-11-23(52-8)17-21(26)15-16-39-31)20-44(27)32(46)28(36(2,3)4)40-35(49)41-29(33(47)53-9)37(5,6)7/h10-11,14-17,22,24-25,27-29H,1,12-13,18-20H2,2-9H3,(H,42,45)(H,43,48)(H2,40,41,49)/t22-,24-,27+,28?,29-,38-/m1/s1. The molecule has 1 saturated heterocycles. The molecule has 55 heavy (non-hydrogen) atoms. The molecule has 0 bridgehead atoms. The van der Waals surface area contributed by atoms with Gasteiger partial charge in [-0.2, -0.15) is 0 Å². The van der Waals surface area contributed by atoms with Crippen LogP contribution in [0.15, 0.2) is 43.1 Å². The maximum atomic E-state index is 14.7. The molecule has 300 valence electrons. The highest BCUT2D eigenvalue weighted by Crippen LogP contribution is 2.45. The molecule has 2 saturated carbocycles. The first kappa shape index (κ1) is 41.2. The predicted octanol–water partition coefficient (Wildman–Crippen LogP) is 2.56. The van der Waals surface area contributed by atoms with E-state index in [9.17, 15) is 32.4 Å². The number of rotatable bonds is 13. The van der Waals surface area contributed by atoms with Crippen LogP contribution in [0.5, 0.6) is 11.6 Å². The Morgan fingerprint density at radius 2 is 1.65 bits per heavy atom. The van der Waals surface area contributed by atoms with Crippen LogP contribution >= 0.6 is 0 Å². The average Bonchev–Trinajstić information content (AvgIpc) is 4.04. The Morgan fingerprint density at radius 1 is 1.00 bits per heavy atom. The van der Waals surface area contributed by atoms with Crippen LogP contribution in [0.4, 0.5) is 4.79 Å². The Morgan fingerprint density at radius 3 is 2.22 bits per heavy atom. The fourth-order valence-electron chi connectivity index (χ4n) is 6.77. The zero-order chi connectivity index (χ0) is 40.7. The highest BCUT2D eigenvalue weighted by Gasteiger charge is 2.62. The molecule has 2 aromatic rings. The number of sulfonamides is 1. The number of methoxy groups -OCH3 is 2. The van der Waals surface area contributed by atoms with Crippen molar-refractivity contribution < 1.29 is 46.6 Å². The number of carbonyl (C=O) groups is 5. The first-order chi connectivity index (χ1) is 25.6. The number of carbonyl (C=O) groups excluding carboxylic acids is 5. The molecule has 1 unspecified atom stereocenters. The fraction of sp³-hybridized carbons (Fsp3) is 0.579. The van der Waals surface area contributed by atoms with E-state index < -0.39 is 91.5 Å². The summed E-state index contributed by atoms with van der Waals surface area (Å²) >= 11 is 0. The SMILES string of the molecule is C=C[C@@H]1C[C@]1(NC(=O)[C@@H]1C[C@@H](Oc2nccc3cc(OC)ccc23)CN1C(=O)C(NC(=O)N[C@H](C(=O)OC)C(C)(C)C)C(C)(C)C)C(=O)NS(=O)(=O)C1CC1. The van der Waals surface area contributed by atoms with Gasteiger partial charge in [-0.1, -0.05) is 47.6 Å². The fourth-order valence-corrected chi connectivity index (χ4v) is 8.13. The number of ether oxygens (including phenoxy) is 3. The van der Waals surface area contributed by atoms with E-state index in [0.717, 1.165) is 5.39 Å². The summed E-state index contributed by atoms with van der Waals surface area (Å²) in [5, 5.41) is 8.90. The zero-order valence-corrected chi connectivity index (χ0v) is 33.4. The van der Waals surface area contributed by atoms with Crippen molar-refractivity contribution in [2.24, 2.45) is 16.7 Å². The Kier molecular flexibility index (Phi) is 11.5. The summed E-state index contributed by atoms with van der Waals surface area (Å²) in [5.41, 5.74) is -3.24. The third kappa shape index (κ3) is 8.97. The Labute approximate surface area is 321 Å². The molecule has 2 aliphatic carbocycles. The van der Waals surface area contributed by atoms with Gasteiger partial charge < -0.3 is 35.1 Å². The zero-order valence-electron chi connectivity index (χ0n) is 32.6. The number of hydrogen-bond acceptors (Lipinski definition) is 11. The molecule has 17 heteroatoms. The number of amides is 5. The van der Waals surface area contributed by atoms with E-state index in [1.165, 1.54) is 18.1 Å². The van der Waals surface area contributed by atoms with Gasteiger partial charge in [0.15, 0.2) is 0 Å². The summed E-state index contributed by atoms with van der Waals surface area (Å²) in [6.45, 7) is 14.1. The van der Waals surface area contributed by atoms with Gasteiger partial charge in [0.1, 0.15) is 35.5 Å². The van der Waals surface area contributed by atoms with Crippen LogP contribution in [0.1, 0.15) is 67.2 Å². The van der Waals surface area contributed by atoms with E-state index >= 15 is 0 Å². The summed E-state index contributed by atoms with van der Waals surface area (Å²) < 4.78 is 44.2. The van der Waals surface area contributed by atoms with Crippen molar-refractivity contribution in [3.05, 3.63) is 43.1 Å². The molecule has 0 radical (unpaired) electrons. The van der Waals surface area contributed by atoms with Crippen LogP contribution in [0.3, 0.4) is 0 Å². The molecule has 16 nitrogen and oxygen atoms in total. The quantitative estimate of drug-likeness (QED) is 0.171. The first-order valence-corrected chi connectivity index (χ1v) is 19.7. The van der Waals surface area contributed by atoms with Gasteiger partial charge in [-0.25, -0.2) is 23.0 Å². The smallest absolute Gasteiger partial charge is 0.328 e. The van der Waals surface area contributed by atoms with Gasteiger partial charge in [0.05, 0.1) is 26.0 Å². The third-order valence-corrected chi connectivity index (χ3v) is 12.1. The van der Waals surface area contributed by atoms with Crippen LogP contribution in [0.25, 0.3) is 10.8 Å². The minimum Gasteiger partial charge on any atom is -0.497 e. The summed E-state index contributed by atoms with van der Waals surface area (Å²) in [6.07, 6.45) is 3.23. The van der Waals surface area contributed by atoms with Crippen LogP contribution < -0.4 is 30.1 Å². The summed E-state index contributed by atoms with van der Waals surface area (Å²) in [7, 11) is -1.16. The third-order valence-electron chi connectivity index (χ3n) is 10.3. The number of pyridine rings is 1. The summed E-state index contributed by atoms with van der Waals surface area (Å²) in [5.74, 6) is -2.55. The van der Waals surface area contributed by atoms with E-state index in [0.29, 0.717) is 24.0 Å². The van der Waals surface area contributed by atoms with Gasteiger partial charge >= 0.3 is 12.0 Å². The van der Waals surface area contributed by atoms with Crippen molar-refractivity contribution in [2.75, 3.05) is 20.8 Å². The second-order valence-electron chi connectivity index (χ2n) is 16.6. The summed E-state index contributed by atoms with van der Waals surface area (Å²) in [6, 6.07) is 2.87. The Bertz CT molecular complexity index is 1970. The molecule has 3 fully saturated rings. The molecule has 0 spiro atoms. The number of fused-ring (bicyclic) bond motifs is 1. The second kappa shape index (κ2) is 15.3. The Balaban J connectivity index is 1.45. The molecule has 1 aromatic carbocycles. The molecular weight excluding hydrogens is 733 g/mol. The molecular formula is C38H52N6O10S. The van der Waals surface area contributed by atoms with Crippen molar-refractivity contribution in [1.29, 1.82) is 0 Å². The predicted molar refractivity (Wildman–Crippen MR) is 202 cm³/mol. The minimum atomic E-state index is -3.93. The lowest BCUT2D eigenvalue weighted by atomic mass is 9.85. The van der Waals surface area contributed by atoms with Crippen molar-refractivity contribution in [2.45, 2.75) is 102 Å². The van der Waals surface area contributed by atoms with E-state index in [2.05, 4.69) is 32.2 Å². The van der Waals surface area contributed by atoms with Crippen molar-refractivity contribution >= 4 is 50.5 Å². The van der Waals surface area contributed by atoms with Crippen molar-refractivity contribution in [3.63, 3.8) is 0 Å². The first-order valence-electron chi connectivity index (χ1n) is 18.2. The lowest BCUT2D eigenvalue weighted by Crippen LogP contribution is -2.62. The van der Waals surface area contributed by atoms with E-state index in [1.807, 2.05) is 6.07 Å². The number of nitrogens with one attached hydrogen (secondary N) is 4. The van der Waals surface area contributed by atoms with E-state index in [4.69, 9.17) is 14.2 Å². The van der Waals surface area contributed by atoms with Crippen molar-refractivity contribution in [3.8, 4) is 11.6 Å². The normalized spacial score (nSPS) is 23.5. The minimum absolute atomic E-state index is 0.0277. The molecule has 1 aromatic heterocycles. The van der Waals surface area contributed by atoms with E-state index in [-0.39, 0.29) is 25.3 Å². The van der Waals surface area contributed by atoms with Crippen LogP contribution in [-0.4, -0.2) is 104 Å². The second-order valence-corrected chi connectivity index (χ2v) is 18.6. The number of esters is 1. The number of likely N-dealkylation sites (tertiary alicyclic amines) is 1. The van der Waals surface area contributed by atoms with Gasteiger partial charge in [0.25, 0.3) is 5.91 Å². The maximum absolute atomic E-state index is 14.7.